The molecule has 0 amide bonds. The molecule has 6 nitrogen and oxygen atoms in total. The van der Waals surface area contributed by atoms with Crippen molar-refractivity contribution in [1.82, 2.24) is 4.57 Å². The zero-order chi connectivity index (χ0) is 21.8. The number of rotatable bonds is 8. The minimum Gasteiger partial charge on any atom is -0.481 e. The van der Waals surface area contributed by atoms with Crippen LogP contribution in [0.2, 0.25) is 0 Å². The summed E-state index contributed by atoms with van der Waals surface area (Å²) in [6.07, 6.45) is 0. The monoisotopic (exact) mass is 411 g/mol. The fraction of sp³-hybridized carbons (Fsp3) is 0.417. The molecule has 30 heavy (non-hydrogen) atoms. The number of carbonyl (C=O) groups is 2. The summed E-state index contributed by atoms with van der Waals surface area (Å²) in [7, 11) is 0. The van der Waals surface area contributed by atoms with Gasteiger partial charge in [-0.05, 0) is 32.8 Å². The number of carbonyl (C=O) groups excluding carboxylic acids is 2. The van der Waals surface area contributed by atoms with Crippen molar-refractivity contribution in [2.75, 3.05) is 19.8 Å². The molecule has 0 unspecified atom stereocenters. The van der Waals surface area contributed by atoms with Gasteiger partial charge in [0, 0.05) is 28.4 Å². The number of ether oxygens (including phenoxy) is 3. The summed E-state index contributed by atoms with van der Waals surface area (Å²) in [6.45, 7) is 11.0. The number of nitrogens with zero attached hydrogens (tertiary/aromatic N) is 1. The van der Waals surface area contributed by atoms with E-state index in [1.807, 2.05) is 37.3 Å². The van der Waals surface area contributed by atoms with Crippen molar-refractivity contribution < 1.29 is 23.8 Å². The molecular formula is C24H29NO5. The average Bonchev–Trinajstić information content (AvgIpc) is 2.97. The Kier molecular flexibility index (Phi) is 6.65. The lowest BCUT2D eigenvalue weighted by Gasteiger charge is -2.14. The molecule has 0 spiro atoms. The predicted octanol–water partition coefficient (Wildman–Crippen LogP) is 4.88. The number of aromatic nitrogens is 1. The average molecular weight is 411 g/mol. The van der Waals surface area contributed by atoms with Crippen molar-refractivity contribution >= 4 is 33.6 Å². The molecule has 0 atom stereocenters. The largest absolute Gasteiger partial charge is 0.481 e. The second-order valence-corrected chi connectivity index (χ2v) is 7.60. The zero-order valence-electron chi connectivity index (χ0n) is 18.3. The maximum absolute atomic E-state index is 12.8. The number of hydrogen-bond acceptors (Lipinski definition) is 5. The Morgan fingerprint density at radius 3 is 2.30 bits per heavy atom. The van der Waals surface area contributed by atoms with E-state index in [1.165, 1.54) is 0 Å². The van der Waals surface area contributed by atoms with Crippen LogP contribution in [0.3, 0.4) is 0 Å². The van der Waals surface area contributed by atoms with Gasteiger partial charge in [0.2, 0.25) is 0 Å². The summed E-state index contributed by atoms with van der Waals surface area (Å²) in [5, 5.41) is 2.62. The second kappa shape index (κ2) is 9.20. The van der Waals surface area contributed by atoms with Crippen LogP contribution in [0.5, 0.6) is 5.75 Å². The lowest BCUT2D eigenvalue weighted by atomic mass is 10.0. The van der Waals surface area contributed by atoms with E-state index < -0.39 is 5.97 Å². The normalized spacial score (nSPS) is 11.3. The molecule has 0 fully saturated rings. The van der Waals surface area contributed by atoms with Gasteiger partial charge in [-0.25, -0.2) is 9.59 Å². The molecule has 0 aliphatic rings. The fourth-order valence-corrected chi connectivity index (χ4v) is 3.82. The van der Waals surface area contributed by atoms with Crippen LogP contribution in [0.25, 0.3) is 21.7 Å². The minimum absolute atomic E-state index is 0.191. The van der Waals surface area contributed by atoms with Gasteiger partial charge in [0.1, 0.15) is 5.75 Å². The Balaban J connectivity index is 2.27. The summed E-state index contributed by atoms with van der Waals surface area (Å²) >= 11 is 0. The molecule has 0 bridgehead atoms. The SMILES string of the molecule is CCOC(=O)COc1cc2c(C(=O)OCC)c(C)n(CC(C)C)c2c2ccccc12. The number of hydrogen-bond donors (Lipinski definition) is 0. The van der Waals surface area contributed by atoms with Gasteiger partial charge in [0.15, 0.2) is 6.61 Å². The molecule has 0 aliphatic heterocycles. The van der Waals surface area contributed by atoms with Crippen molar-refractivity contribution in [3.63, 3.8) is 0 Å². The summed E-state index contributed by atoms with van der Waals surface area (Å²) in [6, 6.07) is 9.71. The minimum atomic E-state index is -0.430. The van der Waals surface area contributed by atoms with Gasteiger partial charge in [0.05, 0.1) is 24.3 Å². The lowest BCUT2D eigenvalue weighted by Crippen LogP contribution is -2.14. The van der Waals surface area contributed by atoms with E-state index in [0.717, 1.165) is 33.9 Å². The van der Waals surface area contributed by atoms with Crippen LogP contribution < -0.4 is 4.74 Å². The molecule has 0 saturated carbocycles. The Hall–Kier alpha value is -3.02. The summed E-state index contributed by atoms with van der Waals surface area (Å²) in [4.78, 5) is 24.7. The van der Waals surface area contributed by atoms with E-state index in [1.54, 1.807) is 13.8 Å². The summed E-state index contributed by atoms with van der Waals surface area (Å²) in [5.74, 6) is 0.154. The summed E-state index contributed by atoms with van der Waals surface area (Å²) in [5.41, 5.74) is 2.38. The smallest absolute Gasteiger partial charge is 0.344 e. The van der Waals surface area contributed by atoms with Crippen LogP contribution >= 0.6 is 0 Å². The number of fused-ring (bicyclic) bond motifs is 3. The van der Waals surface area contributed by atoms with Crippen LogP contribution in [-0.2, 0) is 20.8 Å². The first kappa shape index (κ1) is 21.7. The zero-order valence-corrected chi connectivity index (χ0v) is 18.3. The summed E-state index contributed by atoms with van der Waals surface area (Å²) < 4.78 is 18.3. The lowest BCUT2D eigenvalue weighted by molar-refractivity contribution is -0.145. The maximum Gasteiger partial charge on any atom is 0.344 e. The first-order valence-electron chi connectivity index (χ1n) is 10.4. The Bertz CT molecular complexity index is 1080. The maximum atomic E-state index is 12.8. The number of benzene rings is 2. The van der Waals surface area contributed by atoms with Gasteiger partial charge in [0.25, 0.3) is 0 Å². The van der Waals surface area contributed by atoms with Gasteiger partial charge >= 0.3 is 11.9 Å². The third kappa shape index (κ3) is 4.13. The van der Waals surface area contributed by atoms with E-state index in [4.69, 9.17) is 14.2 Å². The molecule has 0 radical (unpaired) electrons. The fourth-order valence-electron chi connectivity index (χ4n) is 3.82. The number of esters is 2. The second-order valence-electron chi connectivity index (χ2n) is 7.60. The highest BCUT2D eigenvalue weighted by Gasteiger charge is 2.24. The first-order chi connectivity index (χ1) is 14.4. The van der Waals surface area contributed by atoms with E-state index in [0.29, 0.717) is 30.4 Å². The molecule has 6 heteroatoms. The Labute approximate surface area is 176 Å². The highest BCUT2D eigenvalue weighted by molar-refractivity contribution is 6.16. The van der Waals surface area contributed by atoms with Crippen molar-refractivity contribution in [3.05, 3.63) is 41.6 Å². The van der Waals surface area contributed by atoms with E-state index >= 15 is 0 Å². The van der Waals surface area contributed by atoms with Crippen LogP contribution in [-0.4, -0.2) is 36.3 Å². The van der Waals surface area contributed by atoms with Crippen LogP contribution in [0, 0.1) is 12.8 Å². The van der Waals surface area contributed by atoms with E-state index in [2.05, 4.69) is 18.4 Å². The molecule has 3 rings (SSSR count). The van der Waals surface area contributed by atoms with Crippen molar-refractivity contribution in [3.8, 4) is 5.75 Å². The Morgan fingerprint density at radius 1 is 1.00 bits per heavy atom. The highest BCUT2D eigenvalue weighted by Crippen LogP contribution is 2.38. The molecule has 1 heterocycles. The highest BCUT2D eigenvalue weighted by atomic mass is 16.6. The third-order valence-electron chi connectivity index (χ3n) is 4.96. The van der Waals surface area contributed by atoms with Crippen molar-refractivity contribution in [1.29, 1.82) is 0 Å². The van der Waals surface area contributed by atoms with Crippen molar-refractivity contribution in [2.24, 2.45) is 5.92 Å². The molecule has 0 saturated heterocycles. The van der Waals surface area contributed by atoms with Gasteiger partial charge in [-0.1, -0.05) is 38.1 Å². The molecular weight excluding hydrogens is 382 g/mol. The Morgan fingerprint density at radius 2 is 1.67 bits per heavy atom. The van der Waals surface area contributed by atoms with E-state index in [9.17, 15) is 9.59 Å². The molecule has 160 valence electrons. The van der Waals surface area contributed by atoms with Gasteiger partial charge < -0.3 is 18.8 Å². The van der Waals surface area contributed by atoms with Crippen LogP contribution in [0.4, 0.5) is 0 Å². The standard InChI is InChI=1S/C24H29NO5/c1-6-28-21(26)14-30-20-12-19-22(24(27)29-7-2)16(5)25(13-15(3)4)23(19)18-11-9-8-10-17(18)20/h8-12,15H,6-7,13-14H2,1-5H3. The van der Waals surface area contributed by atoms with Gasteiger partial charge in [-0.3, -0.25) is 0 Å². The molecule has 0 N–H and O–H groups in total. The molecule has 1 aromatic heterocycles. The van der Waals surface area contributed by atoms with Gasteiger partial charge in [-0.15, -0.1) is 0 Å². The quantitative estimate of drug-likeness (QED) is 0.494. The van der Waals surface area contributed by atoms with E-state index in [-0.39, 0.29) is 12.6 Å². The van der Waals surface area contributed by atoms with Gasteiger partial charge in [-0.2, -0.15) is 0 Å². The topological polar surface area (TPSA) is 66.8 Å². The first-order valence-corrected chi connectivity index (χ1v) is 10.4. The molecule has 0 aliphatic carbocycles. The molecule has 2 aromatic carbocycles. The van der Waals surface area contributed by atoms with Crippen molar-refractivity contribution in [2.45, 2.75) is 41.2 Å². The van der Waals surface area contributed by atoms with Crippen LogP contribution in [0.15, 0.2) is 30.3 Å². The third-order valence-corrected chi connectivity index (χ3v) is 4.96. The molecule has 3 aromatic rings. The predicted molar refractivity (Wildman–Crippen MR) is 117 cm³/mol. The van der Waals surface area contributed by atoms with Crippen LogP contribution in [0.1, 0.15) is 43.7 Å².